The van der Waals surface area contributed by atoms with Crippen molar-refractivity contribution in [2.24, 2.45) is 0 Å². The van der Waals surface area contributed by atoms with Gasteiger partial charge in [-0.1, -0.05) is 130 Å². The number of nitrogens with zero attached hydrogens (tertiary/aromatic N) is 6. The number of hydrogen-bond donors (Lipinski definition) is 0. The van der Waals surface area contributed by atoms with Crippen molar-refractivity contribution in [3.05, 3.63) is 242 Å². The summed E-state index contributed by atoms with van der Waals surface area (Å²) in [5, 5.41) is -0.507. The quantitative estimate of drug-likeness (QED) is 0.0293. The minimum absolute atomic E-state index is 0.0259. The Balaban J connectivity index is 0.921. The van der Waals surface area contributed by atoms with Gasteiger partial charge in [-0.05, 0) is 46.5 Å². The van der Waals surface area contributed by atoms with Crippen LogP contribution in [0.3, 0.4) is 0 Å². The first kappa shape index (κ1) is 77.8. The number of phosphoric ester groups is 2. The second kappa shape index (κ2) is 33.3. The Labute approximate surface area is 594 Å². The van der Waals surface area contributed by atoms with E-state index in [-0.39, 0.29) is 19.8 Å². The molecule has 4 aliphatic rings. The number of fused-ring (bicyclic) bond motifs is 1. The lowest BCUT2D eigenvalue weighted by Gasteiger charge is -2.40. The predicted molar refractivity (Wildman–Crippen MR) is 364 cm³/mol. The Bertz CT molecular complexity index is 4560. The number of phosphoric acid groups is 2. The van der Waals surface area contributed by atoms with Crippen molar-refractivity contribution < 1.29 is 96.5 Å². The van der Waals surface area contributed by atoms with E-state index in [0.29, 0.717) is 5.56 Å². The summed E-state index contributed by atoms with van der Waals surface area (Å²) in [4.78, 5) is 83.1. The third kappa shape index (κ3) is 17.7. The van der Waals surface area contributed by atoms with Crippen LogP contribution < -0.4 is 33.7 Å². The standard InChI is InChI=1S/C68H81F3N6O24P2Si/c1-67(2,3)104(7,8)101-57-51(98-63(60(57)88-6)74-33-30-54(80)77(66(74)83)43-91-36-46-24-16-11-17-25-46)40-95-102(84,92-37-47-26-18-19-27-48(47)68(69,70)71)99-55-49(96-61(58(55)86-4)72-31-28-52(78)75(64(72)81)41-89-34-44-20-12-9-13-21-44)38-93-103(85)94-39-50-56(100-103)59(87-5)62(97-50)73-32-29-53(79)76(65(73)82)42-90-35-45-22-14-10-15-23-45/h9-33,49-51,55-63H,34-43H2,1-8H3/t49-,50-,51-,55-,56-,57-,58-,59-,60-,61-,62-,63-,102?,103?/m1/s1. The van der Waals surface area contributed by atoms with Crippen molar-refractivity contribution in [1.82, 2.24) is 27.4 Å². The van der Waals surface area contributed by atoms with Gasteiger partial charge in [0.05, 0.1) is 51.8 Å². The highest BCUT2D eigenvalue weighted by molar-refractivity contribution is 7.48. The van der Waals surface area contributed by atoms with Gasteiger partial charge in [-0.15, -0.1) is 0 Å². The average Bonchev–Trinajstić information content (AvgIpc) is 1.61. The van der Waals surface area contributed by atoms with E-state index >= 15 is 9.13 Å². The van der Waals surface area contributed by atoms with Crippen LogP contribution in [-0.4, -0.2) is 132 Å². The van der Waals surface area contributed by atoms with Crippen LogP contribution in [0.4, 0.5) is 13.2 Å². The molecule has 0 spiro atoms. The van der Waals surface area contributed by atoms with Crippen LogP contribution in [0.25, 0.3) is 0 Å². The molecule has 7 aromatic rings. The minimum Gasteiger partial charge on any atom is -0.408 e. The SMILES string of the molecule is CO[C@@H]1[C@H](O[Si](C)(C)C(C)(C)C)[C@@H](COP(=O)(OCc2ccccc2C(F)(F)F)O[C@H]2[C@@H](OC)[C@H](n3ccc(=O)n(COCc4ccccc4)c3=O)O[C@@H]2COP2(=O)OC[C@H]3O[C@@H](n4ccc(=O)n(COCc5ccccc5)c4=O)[C@H](OC)[C@@H]3O2)O[C@H]1n1ccc(=O)n(COCc2ccccc2)c1=O. The Morgan fingerprint density at radius 2 is 0.952 bits per heavy atom. The summed E-state index contributed by atoms with van der Waals surface area (Å²) in [7, 11) is -9.68. The van der Waals surface area contributed by atoms with Gasteiger partial charge in [-0.3, -0.25) is 55.2 Å². The normalized spacial score (nSPS) is 25.6. The molecule has 0 aliphatic carbocycles. The number of halogens is 3. The van der Waals surface area contributed by atoms with Crippen LogP contribution in [0.2, 0.25) is 18.1 Å². The minimum atomic E-state index is -5.56. The molecule has 2 unspecified atom stereocenters. The molecule has 4 aromatic carbocycles. The van der Waals surface area contributed by atoms with Crippen molar-refractivity contribution in [3.8, 4) is 0 Å². The lowest BCUT2D eigenvalue weighted by Crippen LogP contribution is -2.50. The summed E-state index contributed by atoms with van der Waals surface area (Å²) in [6.45, 7) is 4.81. The van der Waals surface area contributed by atoms with Gasteiger partial charge in [0.2, 0.25) is 0 Å². The van der Waals surface area contributed by atoms with E-state index in [1.165, 1.54) is 32.7 Å². The molecule has 0 bridgehead atoms. The number of aromatic nitrogens is 6. The van der Waals surface area contributed by atoms with Crippen LogP contribution in [0.5, 0.6) is 0 Å². The third-order valence-corrected chi connectivity index (χ3v) is 25.7. The lowest BCUT2D eigenvalue weighted by atomic mass is 10.1. The third-order valence-electron chi connectivity index (χ3n) is 18.4. The van der Waals surface area contributed by atoms with Crippen molar-refractivity contribution in [2.75, 3.05) is 41.2 Å². The molecule has 36 heteroatoms. The van der Waals surface area contributed by atoms with E-state index in [2.05, 4.69) is 0 Å². The molecule has 0 saturated carbocycles. The molecule has 7 heterocycles. The predicted octanol–water partition coefficient (Wildman–Crippen LogP) is 7.99. The van der Waals surface area contributed by atoms with Crippen LogP contribution in [0, 0.1) is 0 Å². The summed E-state index contributed by atoms with van der Waals surface area (Å²) >= 11 is 0. The molecule has 0 N–H and O–H groups in total. The molecule has 562 valence electrons. The fourth-order valence-electron chi connectivity index (χ4n) is 11.9. The van der Waals surface area contributed by atoms with Crippen molar-refractivity contribution in [1.29, 1.82) is 0 Å². The molecule has 30 nitrogen and oxygen atoms in total. The zero-order valence-electron chi connectivity index (χ0n) is 57.9. The average molecular weight is 1510 g/mol. The van der Waals surface area contributed by atoms with Gasteiger partial charge < -0.3 is 47.1 Å². The Kier molecular flexibility index (Phi) is 24.9. The maximum absolute atomic E-state index is 16.2. The number of ether oxygens (including phenoxy) is 9. The van der Waals surface area contributed by atoms with Gasteiger partial charge in [0.15, 0.2) is 27.0 Å². The van der Waals surface area contributed by atoms with E-state index in [1.54, 1.807) is 78.9 Å². The molecule has 4 aliphatic heterocycles. The summed E-state index contributed by atoms with van der Waals surface area (Å²) in [5.41, 5.74) is -4.45. The van der Waals surface area contributed by atoms with Crippen LogP contribution in [-0.2, 0) is 136 Å². The largest absolute Gasteiger partial charge is 0.475 e. The van der Waals surface area contributed by atoms with Crippen molar-refractivity contribution in [3.63, 3.8) is 0 Å². The van der Waals surface area contributed by atoms with Gasteiger partial charge >= 0.3 is 38.9 Å². The highest BCUT2D eigenvalue weighted by Gasteiger charge is 2.58. The van der Waals surface area contributed by atoms with Crippen LogP contribution in [0.1, 0.15) is 67.3 Å². The fourth-order valence-corrected chi connectivity index (χ4v) is 16.0. The zero-order chi connectivity index (χ0) is 74.3. The van der Waals surface area contributed by atoms with Gasteiger partial charge in [-0.2, -0.15) is 13.2 Å². The fraction of sp³-hybridized carbons (Fsp3) is 0.471. The van der Waals surface area contributed by atoms with Crippen molar-refractivity contribution in [2.45, 2.75) is 165 Å². The first-order valence-electron chi connectivity index (χ1n) is 33.0. The van der Waals surface area contributed by atoms with E-state index in [4.69, 9.17) is 74.2 Å². The van der Waals surface area contributed by atoms with Crippen molar-refractivity contribution >= 4 is 24.0 Å². The highest BCUT2D eigenvalue weighted by atomic mass is 31.2. The van der Waals surface area contributed by atoms with Gasteiger partial charge in [0, 0.05) is 58.1 Å². The maximum Gasteiger partial charge on any atom is 0.475 e. The van der Waals surface area contributed by atoms with E-state index in [0.717, 1.165) is 88.2 Å². The first-order chi connectivity index (χ1) is 49.6. The molecule has 104 heavy (non-hydrogen) atoms. The molecule has 11 rings (SSSR count). The number of benzene rings is 4. The van der Waals surface area contributed by atoms with E-state index < -0.39 is 200 Å². The van der Waals surface area contributed by atoms with Crippen LogP contribution in [0.15, 0.2) is 181 Å². The molecular weight excluding hydrogens is 1430 g/mol. The molecule has 4 saturated heterocycles. The van der Waals surface area contributed by atoms with Gasteiger partial charge in [0.25, 0.3) is 16.7 Å². The Hall–Kier alpha value is -7.25. The molecule has 0 amide bonds. The lowest BCUT2D eigenvalue weighted by molar-refractivity contribution is -0.138. The Morgan fingerprint density at radius 3 is 1.39 bits per heavy atom. The van der Waals surface area contributed by atoms with E-state index in [9.17, 15) is 41.9 Å². The summed E-state index contributed by atoms with van der Waals surface area (Å²) < 4.78 is 179. The molecule has 0 radical (unpaired) electrons. The smallest absolute Gasteiger partial charge is 0.408 e. The number of hydrogen-bond acceptors (Lipinski definition) is 24. The summed E-state index contributed by atoms with van der Waals surface area (Å²) in [6.07, 6.45) is -18.9. The number of rotatable bonds is 31. The Morgan fingerprint density at radius 1 is 0.529 bits per heavy atom. The summed E-state index contributed by atoms with van der Waals surface area (Å²) in [5.74, 6) is 0. The molecule has 4 fully saturated rings. The molecular formula is C68H81F3N6O24P2Si. The molecule has 3 aromatic heterocycles. The number of alkyl halides is 3. The van der Waals surface area contributed by atoms with E-state index in [1.807, 2.05) is 46.0 Å². The number of methoxy groups -OCH3 is 3. The highest BCUT2D eigenvalue weighted by Crippen LogP contribution is 2.59. The van der Waals surface area contributed by atoms with Gasteiger partial charge in [-0.25, -0.2) is 37.2 Å². The second-order valence-electron chi connectivity index (χ2n) is 26.2. The van der Waals surface area contributed by atoms with Gasteiger partial charge in [0.1, 0.15) is 75.1 Å². The maximum atomic E-state index is 16.2. The zero-order valence-corrected chi connectivity index (χ0v) is 60.7. The monoisotopic (exact) mass is 1510 g/mol. The second-order valence-corrected chi connectivity index (χ2v) is 34.2. The topological polar surface area (TPSA) is 314 Å². The first-order valence-corrected chi connectivity index (χ1v) is 38.8. The summed E-state index contributed by atoms with van der Waals surface area (Å²) in [6, 6.07) is 34.4. The van der Waals surface area contributed by atoms with Crippen LogP contribution >= 0.6 is 15.6 Å². The molecule has 14 atom stereocenters.